The van der Waals surface area contributed by atoms with E-state index in [-0.39, 0.29) is 11.8 Å². The number of carbonyl (C=O) groups is 1. The summed E-state index contributed by atoms with van der Waals surface area (Å²) in [6.07, 6.45) is 3.54. The van der Waals surface area contributed by atoms with Gasteiger partial charge in [-0.25, -0.2) is 0 Å². The number of rotatable bonds is 6. The van der Waals surface area contributed by atoms with Crippen LogP contribution >= 0.6 is 0 Å². The van der Waals surface area contributed by atoms with Crippen LogP contribution in [0.5, 0.6) is 0 Å². The molecule has 0 amide bonds. The van der Waals surface area contributed by atoms with Gasteiger partial charge in [0.25, 0.3) is 0 Å². The average molecular weight is 236 g/mol. The summed E-state index contributed by atoms with van der Waals surface area (Å²) in [7, 11) is 1.94. The highest BCUT2D eigenvalue weighted by atomic mass is 16.4. The van der Waals surface area contributed by atoms with Crippen LogP contribution in [0.4, 0.5) is 0 Å². The Balaban J connectivity index is 2.54. The van der Waals surface area contributed by atoms with Crippen LogP contribution in [0, 0.1) is 11.8 Å². The number of aromatic nitrogens is 1. The zero-order chi connectivity index (χ0) is 12.8. The van der Waals surface area contributed by atoms with Gasteiger partial charge in [0.05, 0.1) is 5.92 Å². The Kier molecular flexibility index (Phi) is 5.10. The van der Waals surface area contributed by atoms with Gasteiger partial charge in [0.2, 0.25) is 0 Å². The van der Waals surface area contributed by atoms with Gasteiger partial charge >= 0.3 is 5.97 Å². The molecule has 17 heavy (non-hydrogen) atoms. The highest BCUT2D eigenvalue weighted by Gasteiger charge is 2.22. The molecular formula is C13H20N2O2. The van der Waals surface area contributed by atoms with Crippen LogP contribution in [-0.2, 0) is 11.3 Å². The summed E-state index contributed by atoms with van der Waals surface area (Å²) in [6.45, 7) is 5.17. The Morgan fingerprint density at radius 1 is 1.53 bits per heavy atom. The molecule has 0 aromatic carbocycles. The molecule has 1 aromatic rings. The van der Waals surface area contributed by atoms with Crippen LogP contribution in [0.1, 0.15) is 19.4 Å². The minimum absolute atomic E-state index is 0.142. The van der Waals surface area contributed by atoms with Crippen LogP contribution in [0.15, 0.2) is 24.5 Å². The van der Waals surface area contributed by atoms with E-state index in [4.69, 9.17) is 5.11 Å². The molecule has 1 atom stereocenters. The van der Waals surface area contributed by atoms with Gasteiger partial charge in [-0.15, -0.1) is 0 Å². The second-order valence-electron chi connectivity index (χ2n) is 4.75. The van der Waals surface area contributed by atoms with Crippen molar-refractivity contribution < 1.29 is 9.90 Å². The maximum absolute atomic E-state index is 11.1. The van der Waals surface area contributed by atoms with Crippen LogP contribution in [0.3, 0.4) is 0 Å². The lowest BCUT2D eigenvalue weighted by atomic mass is 9.95. The van der Waals surface area contributed by atoms with Crippen molar-refractivity contribution >= 4 is 5.97 Å². The van der Waals surface area contributed by atoms with Gasteiger partial charge in [0, 0.05) is 25.5 Å². The Morgan fingerprint density at radius 2 is 2.24 bits per heavy atom. The molecule has 0 fully saturated rings. The molecule has 1 N–H and O–H groups in total. The Labute approximate surface area is 102 Å². The lowest BCUT2D eigenvalue weighted by molar-refractivity contribution is -0.144. The molecule has 0 saturated carbocycles. The monoisotopic (exact) mass is 236 g/mol. The van der Waals surface area contributed by atoms with Crippen molar-refractivity contribution in [3.05, 3.63) is 30.1 Å². The highest BCUT2D eigenvalue weighted by Crippen LogP contribution is 2.13. The summed E-state index contributed by atoms with van der Waals surface area (Å²) in [5.41, 5.74) is 1.10. The van der Waals surface area contributed by atoms with Crippen molar-refractivity contribution in [3.63, 3.8) is 0 Å². The largest absolute Gasteiger partial charge is 0.481 e. The van der Waals surface area contributed by atoms with Gasteiger partial charge in [0.15, 0.2) is 0 Å². The molecule has 0 radical (unpaired) electrons. The standard InChI is InChI=1S/C13H20N2O2/c1-10(2)12(13(16)17)9-15(3)8-11-5-4-6-14-7-11/h4-7,10,12H,8-9H2,1-3H3,(H,16,17). The number of hydrogen-bond acceptors (Lipinski definition) is 3. The fourth-order valence-corrected chi connectivity index (χ4v) is 1.78. The zero-order valence-corrected chi connectivity index (χ0v) is 10.6. The van der Waals surface area contributed by atoms with Crippen LogP contribution in [-0.4, -0.2) is 34.6 Å². The fourth-order valence-electron chi connectivity index (χ4n) is 1.78. The molecule has 0 spiro atoms. The lowest BCUT2D eigenvalue weighted by Crippen LogP contribution is -2.33. The second-order valence-corrected chi connectivity index (χ2v) is 4.75. The third kappa shape index (κ3) is 4.53. The van der Waals surface area contributed by atoms with Gasteiger partial charge in [-0.2, -0.15) is 0 Å². The van der Waals surface area contributed by atoms with E-state index in [1.54, 1.807) is 6.20 Å². The van der Waals surface area contributed by atoms with Crippen LogP contribution < -0.4 is 0 Å². The van der Waals surface area contributed by atoms with Crippen molar-refractivity contribution in [1.29, 1.82) is 0 Å². The molecule has 0 aliphatic heterocycles. The number of carboxylic acid groups (broad SMARTS) is 1. The Hall–Kier alpha value is -1.42. The lowest BCUT2D eigenvalue weighted by Gasteiger charge is -2.23. The second kappa shape index (κ2) is 6.35. The van der Waals surface area contributed by atoms with E-state index >= 15 is 0 Å². The zero-order valence-electron chi connectivity index (χ0n) is 10.6. The summed E-state index contributed by atoms with van der Waals surface area (Å²) in [4.78, 5) is 17.2. The molecule has 1 rings (SSSR count). The molecular weight excluding hydrogens is 216 g/mol. The van der Waals surface area contributed by atoms with Gasteiger partial charge < -0.3 is 10.0 Å². The Morgan fingerprint density at radius 3 is 2.71 bits per heavy atom. The molecule has 4 heteroatoms. The highest BCUT2D eigenvalue weighted by molar-refractivity contribution is 5.70. The molecule has 1 heterocycles. The van der Waals surface area contributed by atoms with Crippen molar-refractivity contribution in [1.82, 2.24) is 9.88 Å². The first-order chi connectivity index (χ1) is 8.00. The summed E-state index contributed by atoms with van der Waals surface area (Å²) < 4.78 is 0. The van der Waals surface area contributed by atoms with Crippen molar-refractivity contribution in [2.75, 3.05) is 13.6 Å². The number of carboxylic acids is 1. The quantitative estimate of drug-likeness (QED) is 0.819. The van der Waals surface area contributed by atoms with E-state index in [1.807, 2.05) is 44.1 Å². The smallest absolute Gasteiger partial charge is 0.308 e. The minimum atomic E-state index is -0.724. The maximum atomic E-state index is 11.1. The third-order valence-corrected chi connectivity index (χ3v) is 2.81. The van der Waals surface area contributed by atoms with Crippen molar-refractivity contribution in [3.8, 4) is 0 Å². The van der Waals surface area contributed by atoms with Crippen LogP contribution in [0.25, 0.3) is 0 Å². The van der Waals surface area contributed by atoms with Gasteiger partial charge in [-0.3, -0.25) is 9.78 Å². The minimum Gasteiger partial charge on any atom is -0.481 e. The van der Waals surface area contributed by atoms with E-state index < -0.39 is 5.97 Å². The van der Waals surface area contributed by atoms with E-state index in [2.05, 4.69) is 4.98 Å². The average Bonchev–Trinajstić information content (AvgIpc) is 2.26. The molecule has 0 aliphatic rings. The first-order valence-electron chi connectivity index (χ1n) is 5.81. The SMILES string of the molecule is CC(C)C(CN(C)Cc1cccnc1)C(=O)O. The van der Waals surface area contributed by atoms with Gasteiger partial charge in [-0.1, -0.05) is 19.9 Å². The normalized spacial score (nSPS) is 13.0. The summed E-state index contributed by atoms with van der Waals surface area (Å²) >= 11 is 0. The fraction of sp³-hybridized carbons (Fsp3) is 0.538. The summed E-state index contributed by atoms with van der Waals surface area (Å²) in [5.74, 6) is -0.904. The topological polar surface area (TPSA) is 53.4 Å². The molecule has 1 aromatic heterocycles. The van der Waals surface area contributed by atoms with E-state index in [0.717, 1.165) is 12.1 Å². The van der Waals surface area contributed by atoms with Crippen LogP contribution in [0.2, 0.25) is 0 Å². The number of aliphatic carboxylic acids is 1. The maximum Gasteiger partial charge on any atom is 0.308 e. The molecule has 4 nitrogen and oxygen atoms in total. The van der Waals surface area contributed by atoms with Gasteiger partial charge in [0.1, 0.15) is 0 Å². The number of hydrogen-bond donors (Lipinski definition) is 1. The van der Waals surface area contributed by atoms with Crippen molar-refractivity contribution in [2.24, 2.45) is 11.8 Å². The predicted octanol–water partition coefficient (Wildman–Crippen LogP) is 1.87. The first kappa shape index (κ1) is 13.6. The molecule has 0 bridgehead atoms. The van der Waals surface area contributed by atoms with E-state index in [9.17, 15) is 4.79 Å². The number of pyridine rings is 1. The predicted molar refractivity (Wildman–Crippen MR) is 66.5 cm³/mol. The number of nitrogens with zero attached hydrogens (tertiary/aromatic N) is 2. The molecule has 1 unspecified atom stereocenters. The summed E-state index contributed by atoms with van der Waals surface area (Å²) in [6, 6.07) is 3.88. The third-order valence-electron chi connectivity index (χ3n) is 2.81. The van der Waals surface area contributed by atoms with Gasteiger partial charge in [-0.05, 0) is 24.6 Å². The summed E-state index contributed by atoms with van der Waals surface area (Å²) in [5, 5.41) is 9.12. The first-order valence-corrected chi connectivity index (χ1v) is 5.81. The van der Waals surface area contributed by atoms with E-state index in [0.29, 0.717) is 6.54 Å². The van der Waals surface area contributed by atoms with Crippen molar-refractivity contribution in [2.45, 2.75) is 20.4 Å². The molecule has 0 saturated heterocycles. The Bertz CT molecular complexity index is 352. The molecule has 94 valence electrons. The molecule has 0 aliphatic carbocycles. The van der Waals surface area contributed by atoms with E-state index in [1.165, 1.54) is 0 Å².